The fourth-order valence-electron chi connectivity index (χ4n) is 3.47. The summed E-state index contributed by atoms with van der Waals surface area (Å²) in [5, 5.41) is 4.31. The van der Waals surface area contributed by atoms with Gasteiger partial charge in [0.2, 0.25) is 12.5 Å². The van der Waals surface area contributed by atoms with Gasteiger partial charge >= 0.3 is 0 Å². The molecule has 0 amide bonds. The Kier molecular flexibility index (Phi) is 3.90. The third kappa shape index (κ3) is 2.54. The second-order valence-electron chi connectivity index (χ2n) is 6.15. The minimum absolute atomic E-state index is 0.0525. The molecular weight excluding hydrogens is 328 g/mol. The molecule has 2 aromatic rings. The van der Waals surface area contributed by atoms with Crippen LogP contribution in [-0.4, -0.2) is 27.5 Å². The lowest BCUT2D eigenvalue weighted by Crippen LogP contribution is -3.11. The third-order valence-corrected chi connectivity index (χ3v) is 4.89. The van der Waals surface area contributed by atoms with E-state index in [2.05, 4.69) is 18.4 Å². The normalized spacial score (nSPS) is 21.3. The van der Waals surface area contributed by atoms with Gasteiger partial charge in [-0.3, -0.25) is 0 Å². The molecule has 0 aliphatic carbocycles. The Balaban J connectivity index is 1.79. The molecule has 2 aliphatic rings. The molecule has 0 saturated carbocycles. The van der Waals surface area contributed by atoms with E-state index in [0.717, 1.165) is 35.7 Å². The van der Waals surface area contributed by atoms with E-state index in [0.29, 0.717) is 10.8 Å². The third-order valence-electron chi connectivity index (χ3n) is 4.65. The smallest absolute Gasteiger partial charge is 0.231 e. The molecule has 2 aliphatic heterocycles. The van der Waals surface area contributed by atoms with Crippen molar-refractivity contribution >= 4 is 17.3 Å². The minimum atomic E-state index is 0.0525. The van der Waals surface area contributed by atoms with Gasteiger partial charge in [-0.05, 0) is 29.8 Å². The lowest BCUT2D eigenvalue weighted by atomic mass is 9.94. The molecule has 1 unspecified atom stereocenters. The van der Waals surface area contributed by atoms with Crippen LogP contribution in [-0.2, 0) is 6.42 Å². The average molecular weight is 348 g/mol. The summed E-state index contributed by atoms with van der Waals surface area (Å²) in [7, 11) is 3.85. The van der Waals surface area contributed by atoms with Crippen molar-refractivity contribution in [1.29, 1.82) is 0 Å². The minimum Gasteiger partial charge on any atom is -0.492 e. The number of rotatable bonds is 3. The number of anilines is 1. The Labute approximate surface area is 146 Å². The van der Waals surface area contributed by atoms with Gasteiger partial charge in [0.05, 0.1) is 26.3 Å². The van der Waals surface area contributed by atoms with Crippen LogP contribution in [0.15, 0.2) is 30.3 Å². The molecule has 0 saturated heterocycles. The number of methoxy groups -OCH3 is 1. The van der Waals surface area contributed by atoms with E-state index in [1.807, 2.05) is 24.3 Å². The Morgan fingerprint density at radius 3 is 2.96 bits per heavy atom. The van der Waals surface area contributed by atoms with Crippen LogP contribution >= 0.6 is 11.6 Å². The summed E-state index contributed by atoms with van der Waals surface area (Å²) in [5.41, 5.74) is 3.35. The van der Waals surface area contributed by atoms with Gasteiger partial charge in [0, 0.05) is 17.1 Å². The molecule has 2 heterocycles. The van der Waals surface area contributed by atoms with E-state index in [1.165, 1.54) is 10.5 Å². The van der Waals surface area contributed by atoms with E-state index in [-0.39, 0.29) is 13.0 Å². The number of ether oxygens (including phenoxy) is 3. The highest BCUT2D eigenvalue weighted by Crippen LogP contribution is 2.47. The molecule has 4 rings (SSSR count). The summed E-state index contributed by atoms with van der Waals surface area (Å²) >= 11 is 6.13. The number of nitrogens with one attached hydrogen (secondary N) is 2. The molecule has 6 heteroatoms. The largest absolute Gasteiger partial charge is 0.492 e. The first-order chi connectivity index (χ1) is 11.7. The average Bonchev–Trinajstić information content (AvgIpc) is 3.04. The van der Waals surface area contributed by atoms with E-state index in [9.17, 15) is 0 Å². The number of hydrogen-bond acceptors (Lipinski definition) is 4. The van der Waals surface area contributed by atoms with Crippen molar-refractivity contribution in [2.45, 2.75) is 12.6 Å². The zero-order valence-corrected chi connectivity index (χ0v) is 14.4. The highest BCUT2D eigenvalue weighted by molar-refractivity contribution is 6.30. The van der Waals surface area contributed by atoms with E-state index < -0.39 is 0 Å². The number of quaternary nitrogens is 1. The van der Waals surface area contributed by atoms with Crippen LogP contribution in [0.1, 0.15) is 17.3 Å². The Hall–Kier alpha value is -2.11. The summed E-state index contributed by atoms with van der Waals surface area (Å²) in [4.78, 5) is 1.36. The first-order valence-electron chi connectivity index (χ1n) is 8.01. The molecule has 0 aromatic heterocycles. The van der Waals surface area contributed by atoms with Crippen molar-refractivity contribution in [2.75, 3.05) is 32.8 Å². The van der Waals surface area contributed by atoms with Crippen molar-refractivity contribution in [3.8, 4) is 17.2 Å². The molecule has 126 valence electrons. The Bertz CT molecular complexity index is 781. The summed E-state index contributed by atoms with van der Waals surface area (Å²) in [6.45, 7) is 1.26. The SMILES string of the molecule is COc1c2c(cc3c1[C@H](Nc1cccc(Cl)c1)[NH+](C)CC3)OCO2. The van der Waals surface area contributed by atoms with Crippen molar-refractivity contribution in [3.63, 3.8) is 0 Å². The predicted octanol–water partition coefficient (Wildman–Crippen LogP) is 2.26. The number of fused-ring (bicyclic) bond motifs is 2. The maximum atomic E-state index is 6.13. The summed E-state index contributed by atoms with van der Waals surface area (Å²) < 4.78 is 16.9. The van der Waals surface area contributed by atoms with Crippen LogP contribution in [0.25, 0.3) is 0 Å². The van der Waals surface area contributed by atoms with Gasteiger partial charge in [-0.15, -0.1) is 0 Å². The summed E-state index contributed by atoms with van der Waals surface area (Å²) in [5.74, 6) is 2.23. The van der Waals surface area contributed by atoms with Crippen molar-refractivity contribution in [1.82, 2.24) is 0 Å². The highest BCUT2D eigenvalue weighted by atomic mass is 35.5. The van der Waals surface area contributed by atoms with Crippen molar-refractivity contribution < 1.29 is 19.1 Å². The van der Waals surface area contributed by atoms with Gasteiger partial charge in [-0.25, -0.2) is 0 Å². The highest BCUT2D eigenvalue weighted by Gasteiger charge is 2.36. The molecule has 0 spiro atoms. The number of likely N-dealkylation sites (N-methyl/N-ethyl adjacent to an activating group) is 1. The molecule has 0 radical (unpaired) electrons. The zero-order chi connectivity index (χ0) is 16.7. The molecule has 2 aromatic carbocycles. The van der Waals surface area contributed by atoms with Crippen LogP contribution in [0.5, 0.6) is 17.2 Å². The molecule has 24 heavy (non-hydrogen) atoms. The van der Waals surface area contributed by atoms with Gasteiger partial charge in [-0.2, -0.15) is 0 Å². The number of hydrogen-bond donors (Lipinski definition) is 2. The second kappa shape index (κ2) is 6.07. The van der Waals surface area contributed by atoms with E-state index in [4.69, 9.17) is 25.8 Å². The van der Waals surface area contributed by atoms with Crippen LogP contribution in [0.2, 0.25) is 5.02 Å². The monoisotopic (exact) mass is 347 g/mol. The molecule has 0 bridgehead atoms. The molecule has 5 nitrogen and oxygen atoms in total. The second-order valence-corrected chi connectivity index (χ2v) is 6.59. The lowest BCUT2D eigenvalue weighted by Gasteiger charge is -2.33. The molecule has 2 atom stereocenters. The van der Waals surface area contributed by atoms with Gasteiger partial charge in [-0.1, -0.05) is 17.7 Å². The molecular formula is C18H20ClN2O3+. The van der Waals surface area contributed by atoms with Crippen LogP contribution < -0.4 is 24.4 Å². The van der Waals surface area contributed by atoms with Gasteiger partial charge in [0.1, 0.15) is 0 Å². The Morgan fingerprint density at radius 2 is 2.17 bits per heavy atom. The van der Waals surface area contributed by atoms with Gasteiger partial charge < -0.3 is 24.4 Å². The number of benzene rings is 2. The molecule has 0 fully saturated rings. The summed E-state index contributed by atoms with van der Waals surface area (Å²) in [6, 6.07) is 9.85. The van der Waals surface area contributed by atoms with Crippen LogP contribution in [0, 0.1) is 0 Å². The van der Waals surface area contributed by atoms with Crippen molar-refractivity contribution in [2.24, 2.45) is 0 Å². The standard InChI is InChI=1S/C18H19ClN2O3/c1-21-7-6-11-8-14-16(24-10-23-14)17(22-2)15(11)18(21)20-13-5-3-4-12(19)9-13/h3-5,8-9,18,20H,6-7,10H2,1-2H3/p+1/t18-/m1/s1. The quantitative estimate of drug-likeness (QED) is 0.894. The van der Waals surface area contributed by atoms with Crippen LogP contribution in [0.3, 0.4) is 0 Å². The van der Waals surface area contributed by atoms with Gasteiger partial charge in [0.25, 0.3) is 0 Å². The maximum absolute atomic E-state index is 6.13. The Morgan fingerprint density at radius 1 is 1.29 bits per heavy atom. The maximum Gasteiger partial charge on any atom is 0.231 e. The van der Waals surface area contributed by atoms with E-state index in [1.54, 1.807) is 7.11 Å². The van der Waals surface area contributed by atoms with Gasteiger partial charge in [0.15, 0.2) is 17.7 Å². The first kappa shape index (κ1) is 15.4. The topological polar surface area (TPSA) is 44.2 Å². The predicted molar refractivity (Wildman–Crippen MR) is 92.4 cm³/mol. The zero-order valence-electron chi connectivity index (χ0n) is 13.7. The lowest BCUT2D eigenvalue weighted by molar-refractivity contribution is -0.910. The number of halogens is 1. The van der Waals surface area contributed by atoms with Crippen LogP contribution in [0.4, 0.5) is 5.69 Å². The summed E-state index contributed by atoms with van der Waals surface area (Å²) in [6.07, 6.45) is 1.03. The fourth-order valence-corrected chi connectivity index (χ4v) is 3.66. The fraction of sp³-hybridized carbons (Fsp3) is 0.333. The molecule has 2 N–H and O–H groups in total. The van der Waals surface area contributed by atoms with Crippen molar-refractivity contribution in [3.05, 3.63) is 46.5 Å². The first-order valence-corrected chi connectivity index (χ1v) is 8.39. The van der Waals surface area contributed by atoms with E-state index >= 15 is 0 Å².